The Morgan fingerprint density at radius 2 is 1.88 bits per heavy atom. The molecule has 3 fully saturated rings. The molecule has 2 amide bonds. The Hall–Kier alpha value is -3.36. The molecule has 3 saturated carbocycles. The quantitative estimate of drug-likeness (QED) is 0.508. The number of nitrogens with one attached hydrogen (secondary N) is 2. The fourth-order valence-corrected chi connectivity index (χ4v) is 7.41. The number of amides is 2. The summed E-state index contributed by atoms with van der Waals surface area (Å²) in [4.78, 5) is 40.0. The van der Waals surface area contributed by atoms with Crippen molar-refractivity contribution in [3.05, 3.63) is 30.0 Å². The molecule has 1 aromatic carbocycles. The molecule has 2 aromatic rings. The molecule has 214 valence electrons. The van der Waals surface area contributed by atoms with Gasteiger partial charge in [0, 0.05) is 31.2 Å². The first-order valence-electron chi connectivity index (χ1n) is 14.9. The number of benzene rings is 1. The minimum atomic E-state index is -0.539. The van der Waals surface area contributed by atoms with Crippen LogP contribution in [0.3, 0.4) is 0 Å². The normalized spacial score (nSPS) is 25.9. The fraction of sp³-hybridized carbons (Fsp3) is 0.613. The lowest BCUT2D eigenvalue weighted by Crippen LogP contribution is -2.45. The fourth-order valence-electron chi connectivity index (χ4n) is 7.41. The maximum absolute atomic E-state index is 13.3. The van der Waals surface area contributed by atoms with Gasteiger partial charge in [-0.2, -0.15) is 4.98 Å². The van der Waals surface area contributed by atoms with Crippen LogP contribution in [-0.2, 0) is 4.79 Å². The van der Waals surface area contributed by atoms with E-state index in [2.05, 4.69) is 20.5 Å². The summed E-state index contributed by atoms with van der Waals surface area (Å²) in [6.45, 7) is 4.63. The largest absolute Gasteiger partial charge is 0.495 e. The van der Waals surface area contributed by atoms with Gasteiger partial charge in [-0.25, -0.2) is 4.98 Å². The number of aromatic nitrogens is 2. The van der Waals surface area contributed by atoms with Crippen molar-refractivity contribution in [1.29, 1.82) is 0 Å². The second-order valence-electron chi connectivity index (χ2n) is 12.9. The molecule has 6 rings (SSSR count). The van der Waals surface area contributed by atoms with Gasteiger partial charge in [-0.05, 0) is 82.4 Å². The van der Waals surface area contributed by atoms with Crippen LogP contribution in [0.15, 0.2) is 24.4 Å². The zero-order valence-electron chi connectivity index (χ0n) is 24.2. The van der Waals surface area contributed by atoms with Crippen molar-refractivity contribution in [2.24, 2.45) is 17.3 Å². The molecule has 9 heteroatoms. The van der Waals surface area contributed by atoms with Gasteiger partial charge in [-0.15, -0.1) is 0 Å². The molecule has 4 aliphatic rings. The van der Waals surface area contributed by atoms with Gasteiger partial charge in [0.2, 0.25) is 11.9 Å². The SMILES string of the molecule is COc1cc(C(=O)NC2CCC3CCC2C3)ccc1Nc1ncc2c(n1)N(C1CCCC1)CC(C)(C)C(=O)N2C. The van der Waals surface area contributed by atoms with E-state index in [1.165, 1.54) is 38.5 Å². The van der Waals surface area contributed by atoms with Crippen molar-refractivity contribution in [3.8, 4) is 5.75 Å². The first-order chi connectivity index (χ1) is 19.2. The predicted molar refractivity (Wildman–Crippen MR) is 156 cm³/mol. The van der Waals surface area contributed by atoms with Crippen molar-refractivity contribution in [1.82, 2.24) is 15.3 Å². The van der Waals surface area contributed by atoms with E-state index in [1.54, 1.807) is 24.3 Å². The van der Waals surface area contributed by atoms with Crippen LogP contribution in [0.4, 0.5) is 23.1 Å². The maximum atomic E-state index is 13.3. The van der Waals surface area contributed by atoms with E-state index in [-0.39, 0.29) is 17.9 Å². The summed E-state index contributed by atoms with van der Waals surface area (Å²) in [6, 6.07) is 6.07. The first-order valence-corrected chi connectivity index (χ1v) is 14.9. The standard InChI is InChI=1S/C31H42N6O3/c1-31(2)18-37(22-7-5-6-8-22)27-25(36(3)29(31)39)17-32-30(35-27)34-24-14-12-21(16-26(24)40-4)28(38)33-23-13-10-19-9-11-20(23)15-19/h12,14,16-17,19-20,22-23H,5-11,13,15,18H2,1-4H3,(H,33,38)(H,32,34,35). The number of ether oxygens (including phenoxy) is 1. The summed E-state index contributed by atoms with van der Waals surface area (Å²) in [5, 5.41) is 6.60. The third-order valence-corrected chi connectivity index (χ3v) is 9.66. The van der Waals surface area contributed by atoms with E-state index in [9.17, 15) is 9.59 Å². The maximum Gasteiger partial charge on any atom is 0.251 e. The second kappa shape index (κ2) is 10.6. The number of methoxy groups -OCH3 is 1. The van der Waals surface area contributed by atoms with Gasteiger partial charge in [0.1, 0.15) is 11.4 Å². The Kier molecular flexibility index (Phi) is 7.09. The molecular weight excluding hydrogens is 504 g/mol. The van der Waals surface area contributed by atoms with Gasteiger partial charge in [-0.1, -0.05) is 19.3 Å². The van der Waals surface area contributed by atoms with E-state index >= 15 is 0 Å². The van der Waals surface area contributed by atoms with Crippen LogP contribution >= 0.6 is 0 Å². The molecule has 3 unspecified atom stereocenters. The molecule has 2 bridgehead atoms. The highest BCUT2D eigenvalue weighted by Gasteiger charge is 2.41. The Labute approximate surface area is 237 Å². The summed E-state index contributed by atoms with van der Waals surface area (Å²) in [7, 11) is 3.41. The molecule has 3 atom stereocenters. The number of anilines is 4. The number of fused-ring (bicyclic) bond motifs is 3. The number of hydrogen-bond acceptors (Lipinski definition) is 7. The van der Waals surface area contributed by atoms with Crippen molar-refractivity contribution in [3.63, 3.8) is 0 Å². The van der Waals surface area contributed by atoms with Crippen LogP contribution < -0.4 is 25.2 Å². The van der Waals surface area contributed by atoms with Gasteiger partial charge in [0.25, 0.3) is 5.91 Å². The number of rotatable bonds is 6. The zero-order valence-corrected chi connectivity index (χ0v) is 24.2. The highest BCUT2D eigenvalue weighted by molar-refractivity contribution is 6.01. The highest BCUT2D eigenvalue weighted by atomic mass is 16.5. The number of carbonyl (C=O) groups excluding carboxylic acids is 2. The van der Waals surface area contributed by atoms with Crippen LogP contribution in [0.25, 0.3) is 0 Å². The van der Waals surface area contributed by atoms with Crippen molar-refractivity contribution < 1.29 is 14.3 Å². The third kappa shape index (κ3) is 4.99. The lowest BCUT2D eigenvalue weighted by atomic mass is 9.85. The van der Waals surface area contributed by atoms with Gasteiger partial charge in [0.05, 0.1) is 24.4 Å². The molecule has 0 radical (unpaired) electrons. The molecule has 3 aliphatic carbocycles. The monoisotopic (exact) mass is 546 g/mol. The van der Waals surface area contributed by atoms with Crippen LogP contribution in [-0.4, -0.2) is 54.6 Å². The first kappa shape index (κ1) is 26.8. The number of carbonyl (C=O) groups is 2. The van der Waals surface area contributed by atoms with E-state index in [4.69, 9.17) is 9.72 Å². The lowest BCUT2D eigenvalue weighted by Gasteiger charge is -2.34. The van der Waals surface area contributed by atoms with E-state index in [1.807, 2.05) is 33.0 Å². The second-order valence-corrected chi connectivity index (χ2v) is 12.9. The Bertz CT molecular complexity index is 1290. The zero-order chi connectivity index (χ0) is 28.0. The lowest BCUT2D eigenvalue weighted by molar-refractivity contribution is -0.125. The molecular formula is C31H42N6O3. The molecule has 9 nitrogen and oxygen atoms in total. The minimum Gasteiger partial charge on any atom is -0.495 e. The molecule has 1 aliphatic heterocycles. The Morgan fingerprint density at radius 1 is 1.10 bits per heavy atom. The highest BCUT2D eigenvalue weighted by Crippen LogP contribution is 2.43. The Balaban J connectivity index is 1.24. The molecule has 2 N–H and O–H groups in total. The van der Waals surface area contributed by atoms with E-state index in [0.29, 0.717) is 41.5 Å². The van der Waals surface area contributed by atoms with Gasteiger partial charge in [-0.3, -0.25) is 9.59 Å². The van der Waals surface area contributed by atoms with E-state index < -0.39 is 5.41 Å². The van der Waals surface area contributed by atoms with Crippen molar-refractivity contribution in [2.45, 2.75) is 83.7 Å². The number of hydrogen-bond donors (Lipinski definition) is 2. The smallest absolute Gasteiger partial charge is 0.251 e. The summed E-state index contributed by atoms with van der Waals surface area (Å²) < 4.78 is 5.68. The molecule has 40 heavy (non-hydrogen) atoms. The van der Waals surface area contributed by atoms with Crippen LogP contribution in [0.5, 0.6) is 5.75 Å². The summed E-state index contributed by atoms with van der Waals surface area (Å²) >= 11 is 0. The van der Waals surface area contributed by atoms with Gasteiger partial charge < -0.3 is 25.2 Å². The summed E-state index contributed by atoms with van der Waals surface area (Å²) in [6.07, 6.45) is 12.4. The van der Waals surface area contributed by atoms with Gasteiger partial charge >= 0.3 is 0 Å². The summed E-state index contributed by atoms with van der Waals surface area (Å²) in [5.74, 6) is 3.24. The molecule has 1 aromatic heterocycles. The minimum absolute atomic E-state index is 0.0518. The predicted octanol–water partition coefficient (Wildman–Crippen LogP) is 5.29. The van der Waals surface area contributed by atoms with Crippen LogP contribution in [0.2, 0.25) is 0 Å². The Morgan fingerprint density at radius 3 is 2.65 bits per heavy atom. The van der Waals surface area contributed by atoms with Crippen molar-refractivity contribution >= 4 is 35.0 Å². The van der Waals surface area contributed by atoms with Crippen LogP contribution in [0.1, 0.15) is 82.0 Å². The van der Waals surface area contributed by atoms with E-state index in [0.717, 1.165) is 36.7 Å². The molecule has 0 spiro atoms. The molecule has 2 heterocycles. The average molecular weight is 547 g/mol. The number of nitrogens with zero attached hydrogens (tertiary/aromatic N) is 4. The average Bonchev–Trinajstić information content (AvgIpc) is 3.61. The van der Waals surface area contributed by atoms with Crippen molar-refractivity contribution in [2.75, 3.05) is 35.8 Å². The summed E-state index contributed by atoms with van der Waals surface area (Å²) in [5.41, 5.74) is 1.45. The molecule has 0 saturated heterocycles. The third-order valence-electron chi connectivity index (χ3n) is 9.66. The van der Waals surface area contributed by atoms with Crippen LogP contribution in [0, 0.1) is 17.3 Å². The van der Waals surface area contributed by atoms with Gasteiger partial charge in [0.15, 0.2) is 5.82 Å². The topological polar surface area (TPSA) is 99.7 Å².